The Balaban J connectivity index is 2.58. The van der Waals surface area contributed by atoms with Gasteiger partial charge in [0.2, 0.25) is 0 Å². The molecule has 0 saturated carbocycles. The molecule has 96 valence electrons. The highest BCUT2D eigenvalue weighted by molar-refractivity contribution is 5.35. The number of para-hydroxylation sites is 1. The van der Waals surface area contributed by atoms with Crippen LogP contribution < -0.4 is 15.8 Å². The van der Waals surface area contributed by atoms with Crippen molar-refractivity contribution >= 4 is 0 Å². The van der Waals surface area contributed by atoms with Crippen LogP contribution in [-0.4, -0.2) is 19.2 Å². The van der Waals surface area contributed by atoms with Gasteiger partial charge in [-0.1, -0.05) is 32.0 Å². The fraction of sp³-hybridized carbons (Fsp3) is 0.571. The molecule has 0 amide bonds. The van der Waals surface area contributed by atoms with Gasteiger partial charge in [-0.2, -0.15) is 0 Å². The lowest BCUT2D eigenvalue weighted by molar-refractivity contribution is 0.333. The summed E-state index contributed by atoms with van der Waals surface area (Å²) in [5.41, 5.74) is 7.29. The van der Waals surface area contributed by atoms with E-state index in [1.807, 2.05) is 31.2 Å². The maximum atomic E-state index is 6.19. The number of hydrogen-bond donors (Lipinski definition) is 2. The van der Waals surface area contributed by atoms with Crippen molar-refractivity contribution in [2.45, 2.75) is 39.3 Å². The van der Waals surface area contributed by atoms with E-state index in [1.165, 1.54) is 0 Å². The van der Waals surface area contributed by atoms with Crippen LogP contribution in [0, 0.1) is 0 Å². The minimum absolute atomic E-state index is 0.0315. The predicted octanol–water partition coefficient (Wildman–Crippen LogP) is 2.47. The van der Waals surface area contributed by atoms with Gasteiger partial charge in [0.1, 0.15) is 5.75 Å². The summed E-state index contributed by atoms with van der Waals surface area (Å²) in [4.78, 5) is 0. The first-order chi connectivity index (χ1) is 8.15. The smallest absolute Gasteiger partial charge is 0.124 e. The van der Waals surface area contributed by atoms with E-state index in [2.05, 4.69) is 19.2 Å². The molecule has 0 aliphatic carbocycles. The average molecular weight is 236 g/mol. The van der Waals surface area contributed by atoms with Crippen LogP contribution in [0.4, 0.5) is 0 Å². The van der Waals surface area contributed by atoms with Crippen LogP contribution in [0.3, 0.4) is 0 Å². The van der Waals surface area contributed by atoms with Crippen molar-refractivity contribution in [3.05, 3.63) is 29.8 Å². The monoisotopic (exact) mass is 236 g/mol. The van der Waals surface area contributed by atoms with E-state index < -0.39 is 0 Å². The van der Waals surface area contributed by atoms with Crippen molar-refractivity contribution in [2.75, 3.05) is 13.2 Å². The van der Waals surface area contributed by atoms with Crippen molar-refractivity contribution in [3.63, 3.8) is 0 Å². The third kappa shape index (κ3) is 4.75. The van der Waals surface area contributed by atoms with E-state index in [1.54, 1.807) is 0 Å². The fourth-order valence-electron chi connectivity index (χ4n) is 1.76. The first-order valence-electron chi connectivity index (χ1n) is 6.35. The Kier molecular flexibility index (Phi) is 6.01. The van der Waals surface area contributed by atoms with Gasteiger partial charge >= 0.3 is 0 Å². The SMILES string of the molecule is CCOc1ccccc1C(N)CCNC(C)C. The third-order valence-corrected chi connectivity index (χ3v) is 2.63. The normalized spacial score (nSPS) is 12.8. The summed E-state index contributed by atoms with van der Waals surface area (Å²) in [6.07, 6.45) is 0.919. The van der Waals surface area contributed by atoms with Crippen molar-refractivity contribution in [1.82, 2.24) is 5.32 Å². The number of benzene rings is 1. The number of ether oxygens (including phenoxy) is 1. The lowest BCUT2D eigenvalue weighted by atomic mass is 10.0. The van der Waals surface area contributed by atoms with Gasteiger partial charge in [0.25, 0.3) is 0 Å². The molecule has 0 fully saturated rings. The zero-order valence-corrected chi connectivity index (χ0v) is 11.1. The zero-order chi connectivity index (χ0) is 12.7. The van der Waals surface area contributed by atoms with Gasteiger partial charge in [-0.3, -0.25) is 0 Å². The van der Waals surface area contributed by atoms with Crippen molar-refractivity contribution < 1.29 is 4.74 Å². The van der Waals surface area contributed by atoms with Crippen molar-refractivity contribution in [3.8, 4) is 5.75 Å². The molecule has 17 heavy (non-hydrogen) atoms. The topological polar surface area (TPSA) is 47.3 Å². The van der Waals surface area contributed by atoms with Crippen LogP contribution in [0.15, 0.2) is 24.3 Å². The molecule has 0 aliphatic heterocycles. The molecule has 3 heteroatoms. The van der Waals surface area contributed by atoms with E-state index >= 15 is 0 Å². The van der Waals surface area contributed by atoms with Gasteiger partial charge in [-0.15, -0.1) is 0 Å². The van der Waals surface area contributed by atoms with Crippen LogP contribution in [-0.2, 0) is 0 Å². The van der Waals surface area contributed by atoms with Crippen LogP contribution in [0.25, 0.3) is 0 Å². The average Bonchev–Trinajstić information content (AvgIpc) is 2.29. The molecule has 3 nitrogen and oxygen atoms in total. The van der Waals surface area contributed by atoms with Crippen molar-refractivity contribution in [2.24, 2.45) is 5.73 Å². The molecule has 1 atom stereocenters. The first-order valence-corrected chi connectivity index (χ1v) is 6.35. The Bertz CT molecular complexity index is 326. The molecule has 0 heterocycles. The van der Waals surface area contributed by atoms with Crippen LogP contribution in [0.2, 0.25) is 0 Å². The molecule has 1 aromatic carbocycles. The van der Waals surface area contributed by atoms with Crippen molar-refractivity contribution in [1.29, 1.82) is 0 Å². The molecular formula is C14H24N2O. The largest absolute Gasteiger partial charge is 0.494 e. The highest BCUT2D eigenvalue weighted by Gasteiger charge is 2.11. The van der Waals surface area contributed by atoms with Gasteiger partial charge < -0.3 is 15.8 Å². The molecule has 1 unspecified atom stereocenters. The maximum absolute atomic E-state index is 6.19. The highest BCUT2D eigenvalue weighted by Crippen LogP contribution is 2.25. The zero-order valence-electron chi connectivity index (χ0n) is 11.1. The maximum Gasteiger partial charge on any atom is 0.124 e. The minimum Gasteiger partial charge on any atom is -0.494 e. The Morgan fingerprint density at radius 2 is 2.00 bits per heavy atom. The number of nitrogens with two attached hydrogens (primary N) is 1. The second-order valence-electron chi connectivity index (χ2n) is 4.47. The van der Waals surface area contributed by atoms with E-state index in [9.17, 15) is 0 Å². The van der Waals surface area contributed by atoms with Gasteiger partial charge in [-0.05, 0) is 26.0 Å². The summed E-state index contributed by atoms with van der Waals surface area (Å²) in [7, 11) is 0. The summed E-state index contributed by atoms with van der Waals surface area (Å²) in [5.74, 6) is 0.909. The van der Waals surface area contributed by atoms with Gasteiger partial charge in [0.15, 0.2) is 0 Å². The lowest BCUT2D eigenvalue weighted by Crippen LogP contribution is -2.26. The Morgan fingerprint density at radius 3 is 2.65 bits per heavy atom. The summed E-state index contributed by atoms with van der Waals surface area (Å²) >= 11 is 0. The molecule has 0 radical (unpaired) electrons. The predicted molar refractivity (Wildman–Crippen MR) is 72.3 cm³/mol. The second-order valence-corrected chi connectivity index (χ2v) is 4.47. The fourth-order valence-corrected chi connectivity index (χ4v) is 1.76. The van der Waals surface area contributed by atoms with Crippen LogP contribution in [0.1, 0.15) is 38.8 Å². The first kappa shape index (κ1) is 14.0. The van der Waals surface area contributed by atoms with E-state index in [4.69, 9.17) is 10.5 Å². The molecule has 1 rings (SSSR count). The van der Waals surface area contributed by atoms with Gasteiger partial charge in [0.05, 0.1) is 6.61 Å². The lowest BCUT2D eigenvalue weighted by Gasteiger charge is -2.17. The minimum atomic E-state index is 0.0315. The molecule has 0 aromatic heterocycles. The summed E-state index contributed by atoms with van der Waals surface area (Å²) in [6.45, 7) is 7.87. The standard InChI is InChI=1S/C14H24N2O/c1-4-17-14-8-6-5-7-12(14)13(15)9-10-16-11(2)3/h5-8,11,13,16H,4,9-10,15H2,1-3H3. The summed E-state index contributed by atoms with van der Waals surface area (Å²) in [5, 5.41) is 3.38. The summed E-state index contributed by atoms with van der Waals surface area (Å²) < 4.78 is 5.59. The highest BCUT2D eigenvalue weighted by atomic mass is 16.5. The van der Waals surface area contributed by atoms with E-state index in [-0.39, 0.29) is 6.04 Å². The molecule has 0 saturated heterocycles. The third-order valence-electron chi connectivity index (χ3n) is 2.63. The number of hydrogen-bond acceptors (Lipinski definition) is 3. The number of rotatable bonds is 7. The van der Waals surface area contributed by atoms with E-state index in [0.717, 1.165) is 24.3 Å². The Hall–Kier alpha value is -1.06. The Morgan fingerprint density at radius 1 is 1.29 bits per heavy atom. The second kappa shape index (κ2) is 7.30. The summed E-state index contributed by atoms with van der Waals surface area (Å²) in [6, 6.07) is 8.55. The van der Waals surface area contributed by atoms with E-state index in [0.29, 0.717) is 12.6 Å². The van der Waals surface area contributed by atoms with Gasteiger partial charge in [-0.25, -0.2) is 0 Å². The van der Waals surface area contributed by atoms with Gasteiger partial charge in [0, 0.05) is 17.6 Å². The quantitative estimate of drug-likeness (QED) is 0.764. The van der Waals surface area contributed by atoms with Crippen LogP contribution >= 0.6 is 0 Å². The van der Waals surface area contributed by atoms with Crippen LogP contribution in [0.5, 0.6) is 5.75 Å². The molecular weight excluding hydrogens is 212 g/mol. The molecule has 1 aromatic rings. The Labute approximate surface area is 104 Å². The number of nitrogens with one attached hydrogen (secondary N) is 1. The molecule has 0 spiro atoms. The molecule has 3 N–H and O–H groups in total. The molecule has 0 bridgehead atoms. The molecule has 0 aliphatic rings.